The molecule has 184 valence electrons. The van der Waals surface area contributed by atoms with Gasteiger partial charge in [-0.1, -0.05) is 0 Å². The van der Waals surface area contributed by atoms with Crippen LogP contribution in [0.3, 0.4) is 0 Å². The van der Waals surface area contributed by atoms with E-state index in [4.69, 9.17) is 15.0 Å². The number of alkyl halides is 3. The van der Waals surface area contributed by atoms with Crippen molar-refractivity contribution >= 4 is 23.8 Å². The van der Waals surface area contributed by atoms with Crippen LogP contribution in [-0.4, -0.2) is 89.7 Å². The van der Waals surface area contributed by atoms with E-state index in [9.17, 15) is 27.6 Å². The van der Waals surface area contributed by atoms with Crippen molar-refractivity contribution in [2.75, 3.05) is 39.8 Å². The second-order valence-corrected chi connectivity index (χ2v) is 8.12. The molecule has 2 heterocycles. The van der Waals surface area contributed by atoms with Crippen molar-refractivity contribution < 1.29 is 42.6 Å². The van der Waals surface area contributed by atoms with Gasteiger partial charge in [-0.25, -0.2) is 4.79 Å². The topological polar surface area (TPSA) is 127 Å². The summed E-state index contributed by atoms with van der Waals surface area (Å²) in [7, 11) is 1.64. The zero-order valence-electron chi connectivity index (χ0n) is 18.2. The van der Waals surface area contributed by atoms with E-state index < -0.39 is 18.1 Å². The third-order valence-corrected chi connectivity index (χ3v) is 5.63. The van der Waals surface area contributed by atoms with E-state index in [-0.39, 0.29) is 30.7 Å². The number of carboxylic acids is 2. The van der Waals surface area contributed by atoms with Crippen LogP contribution in [0.4, 0.5) is 13.2 Å². The maximum absolute atomic E-state index is 12.5. The van der Waals surface area contributed by atoms with Crippen molar-refractivity contribution in [2.24, 2.45) is 11.8 Å². The van der Waals surface area contributed by atoms with E-state index in [0.717, 1.165) is 51.7 Å². The van der Waals surface area contributed by atoms with Gasteiger partial charge in [0.25, 0.3) is 0 Å². The predicted octanol–water partition coefficient (Wildman–Crippen LogP) is 1.57. The first-order valence-electron chi connectivity index (χ1n) is 10.7. The summed E-state index contributed by atoms with van der Waals surface area (Å²) in [6, 6.07) is 0. The molecule has 32 heavy (non-hydrogen) atoms. The van der Waals surface area contributed by atoms with Crippen molar-refractivity contribution in [1.82, 2.24) is 15.1 Å². The average Bonchev–Trinajstić information content (AvgIpc) is 2.75. The minimum Gasteiger partial charge on any atom is -0.481 e. The van der Waals surface area contributed by atoms with Crippen molar-refractivity contribution in [3.63, 3.8) is 0 Å². The fraction of sp³-hybridized carbons (Fsp3) is 0.800. The van der Waals surface area contributed by atoms with Crippen LogP contribution in [0.15, 0.2) is 0 Å². The Balaban J connectivity index is 0.000000633. The van der Waals surface area contributed by atoms with E-state index in [1.54, 1.807) is 7.05 Å². The molecular weight excluding hydrogens is 435 g/mol. The molecule has 0 radical (unpaired) electrons. The molecule has 0 unspecified atom stereocenters. The van der Waals surface area contributed by atoms with Gasteiger partial charge in [0, 0.05) is 33.1 Å². The smallest absolute Gasteiger partial charge is 0.481 e. The number of rotatable bonds is 7. The molecule has 0 spiro atoms. The summed E-state index contributed by atoms with van der Waals surface area (Å²) in [5.74, 6) is -3.11. The van der Waals surface area contributed by atoms with Gasteiger partial charge in [0.15, 0.2) is 0 Å². The maximum atomic E-state index is 12.5. The number of hydrogen-bond acceptors (Lipinski definition) is 5. The molecule has 0 aromatic heterocycles. The van der Waals surface area contributed by atoms with E-state index >= 15 is 0 Å². The van der Waals surface area contributed by atoms with Crippen molar-refractivity contribution in [3.05, 3.63) is 0 Å². The van der Waals surface area contributed by atoms with Crippen molar-refractivity contribution in [3.8, 4) is 0 Å². The molecule has 1 atom stereocenters. The average molecular weight is 467 g/mol. The molecule has 9 nitrogen and oxygen atoms in total. The number of aliphatic carboxylic acids is 2. The molecule has 12 heteroatoms. The van der Waals surface area contributed by atoms with Gasteiger partial charge in [-0.2, -0.15) is 13.2 Å². The molecule has 2 fully saturated rings. The van der Waals surface area contributed by atoms with Crippen LogP contribution in [0.2, 0.25) is 0 Å². The van der Waals surface area contributed by atoms with Gasteiger partial charge >= 0.3 is 18.1 Å². The Kier molecular flexibility index (Phi) is 11.4. The molecule has 2 saturated heterocycles. The number of nitrogens with one attached hydrogen (secondary N) is 1. The Hall–Kier alpha value is -2.37. The summed E-state index contributed by atoms with van der Waals surface area (Å²) in [4.78, 5) is 47.8. The highest BCUT2D eigenvalue weighted by molar-refractivity contribution is 5.81. The van der Waals surface area contributed by atoms with Gasteiger partial charge in [-0.15, -0.1) is 0 Å². The molecule has 0 aliphatic carbocycles. The van der Waals surface area contributed by atoms with Crippen LogP contribution in [0.5, 0.6) is 0 Å². The monoisotopic (exact) mass is 467 g/mol. The van der Waals surface area contributed by atoms with Gasteiger partial charge in [0.1, 0.15) is 0 Å². The number of nitrogens with zero attached hydrogens (tertiary/aromatic N) is 2. The Morgan fingerprint density at radius 1 is 1.06 bits per heavy atom. The van der Waals surface area contributed by atoms with E-state index in [1.807, 2.05) is 4.90 Å². The number of halogens is 3. The van der Waals surface area contributed by atoms with Crippen LogP contribution < -0.4 is 5.32 Å². The highest BCUT2D eigenvalue weighted by Crippen LogP contribution is 2.22. The molecule has 0 aromatic rings. The summed E-state index contributed by atoms with van der Waals surface area (Å²) in [6.07, 6.45) is 0.268. The van der Waals surface area contributed by atoms with E-state index in [2.05, 4.69) is 5.32 Å². The highest BCUT2D eigenvalue weighted by atomic mass is 19.4. The quantitative estimate of drug-likeness (QED) is 0.519. The first-order valence-corrected chi connectivity index (χ1v) is 10.7. The van der Waals surface area contributed by atoms with Gasteiger partial charge < -0.3 is 25.3 Å². The Morgan fingerprint density at radius 3 is 2.19 bits per heavy atom. The summed E-state index contributed by atoms with van der Waals surface area (Å²) in [6.45, 7) is 3.51. The second-order valence-electron chi connectivity index (χ2n) is 8.12. The van der Waals surface area contributed by atoms with Gasteiger partial charge in [0.05, 0.1) is 12.3 Å². The third kappa shape index (κ3) is 10.3. The normalized spacial score (nSPS) is 19.5. The molecule has 2 aliphatic heterocycles. The molecule has 2 aliphatic rings. The highest BCUT2D eigenvalue weighted by Gasteiger charge is 2.38. The SMILES string of the molecule is CN(CCC(=O)O)C(=O)[C@@H]1CCCN(C(=O)CCC2CCNCC2)C1.O=C(O)C(F)(F)F. The Labute approximate surface area is 184 Å². The van der Waals surface area contributed by atoms with Crippen molar-refractivity contribution in [1.29, 1.82) is 0 Å². The first-order chi connectivity index (χ1) is 14.9. The Bertz CT molecular complexity index is 653. The fourth-order valence-electron chi connectivity index (χ4n) is 3.75. The van der Waals surface area contributed by atoms with Gasteiger partial charge in [-0.3, -0.25) is 14.4 Å². The number of carbonyl (C=O) groups excluding carboxylic acids is 2. The summed E-state index contributed by atoms with van der Waals surface area (Å²) in [5, 5.41) is 19.2. The number of piperidine rings is 2. The Morgan fingerprint density at radius 2 is 1.66 bits per heavy atom. The number of hydrogen-bond donors (Lipinski definition) is 3. The summed E-state index contributed by atoms with van der Waals surface area (Å²) >= 11 is 0. The standard InChI is InChI=1S/C18H31N3O4.C2HF3O2/c1-20(12-8-17(23)24)18(25)15-3-2-11-21(13-15)16(22)5-4-14-6-9-19-10-7-14;3-2(4,5)1(6)7/h14-15,19H,2-13H2,1H3,(H,23,24);(H,6,7)/t15-;/m1./s1. The van der Waals surface area contributed by atoms with E-state index in [0.29, 0.717) is 18.9 Å². The fourth-order valence-corrected chi connectivity index (χ4v) is 3.75. The lowest BCUT2D eigenvalue weighted by Crippen LogP contribution is -2.46. The third-order valence-electron chi connectivity index (χ3n) is 5.63. The number of amides is 2. The largest absolute Gasteiger partial charge is 0.490 e. The first kappa shape index (κ1) is 27.7. The van der Waals surface area contributed by atoms with Crippen LogP contribution in [-0.2, 0) is 19.2 Å². The van der Waals surface area contributed by atoms with E-state index in [1.165, 1.54) is 4.90 Å². The molecule has 0 aromatic carbocycles. The number of carboxylic acid groups (broad SMARTS) is 2. The minimum absolute atomic E-state index is 0.0443. The van der Waals surface area contributed by atoms with Crippen molar-refractivity contribution in [2.45, 2.75) is 51.1 Å². The molecule has 2 rings (SSSR count). The molecule has 2 amide bonds. The van der Waals surface area contributed by atoms with Crippen LogP contribution in [0.1, 0.15) is 44.9 Å². The molecule has 0 saturated carbocycles. The minimum atomic E-state index is -5.08. The summed E-state index contributed by atoms with van der Waals surface area (Å²) in [5.41, 5.74) is 0. The summed E-state index contributed by atoms with van der Waals surface area (Å²) < 4.78 is 31.7. The van der Waals surface area contributed by atoms with Crippen LogP contribution in [0.25, 0.3) is 0 Å². The second kappa shape index (κ2) is 13.2. The lowest BCUT2D eigenvalue weighted by Gasteiger charge is -2.34. The molecule has 0 bridgehead atoms. The zero-order valence-corrected chi connectivity index (χ0v) is 18.2. The lowest BCUT2D eigenvalue weighted by molar-refractivity contribution is -0.192. The zero-order chi connectivity index (χ0) is 24.3. The van der Waals surface area contributed by atoms with Crippen LogP contribution >= 0.6 is 0 Å². The number of likely N-dealkylation sites (tertiary alicyclic amines) is 1. The van der Waals surface area contributed by atoms with Gasteiger partial charge in [0.2, 0.25) is 11.8 Å². The number of carbonyl (C=O) groups is 4. The predicted molar refractivity (Wildman–Crippen MR) is 108 cm³/mol. The maximum Gasteiger partial charge on any atom is 0.490 e. The molecular formula is C20H32F3N3O6. The lowest BCUT2D eigenvalue weighted by atomic mass is 9.92. The van der Waals surface area contributed by atoms with Crippen LogP contribution in [0, 0.1) is 11.8 Å². The van der Waals surface area contributed by atoms with Gasteiger partial charge in [-0.05, 0) is 51.1 Å². The molecule has 3 N–H and O–H groups in total.